The predicted molar refractivity (Wildman–Crippen MR) is 71.4 cm³/mol. The number of hydrogen-bond donors (Lipinski definition) is 0. The zero-order valence-corrected chi connectivity index (χ0v) is 12.2. The number of ether oxygens (including phenoxy) is 3. The molecular weight excluding hydrogens is 246 g/mol. The van der Waals surface area contributed by atoms with Gasteiger partial charge in [-0.2, -0.15) is 5.26 Å². The molecule has 2 atom stereocenters. The van der Waals surface area contributed by atoms with Crippen LogP contribution in [0.25, 0.3) is 0 Å². The molecule has 0 aromatic heterocycles. The minimum absolute atomic E-state index is 0.249. The molecule has 0 fully saturated rings. The Morgan fingerprint density at radius 1 is 1.37 bits per heavy atom. The summed E-state index contributed by atoms with van der Waals surface area (Å²) in [6.07, 6.45) is 3.22. The van der Waals surface area contributed by atoms with Gasteiger partial charge >= 0.3 is 6.16 Å². The summed E-state index contributed by atoms with van der Waals surface area (Å²) in [7, 11) is 0. The van der Waals surface area contributed by atoms with E-state index in [0.717, 1.165) is 25.7 Å². The minimum atomic E-state index is -0.709. The molecule has 0 saturated heterocycles. The highest BCUT2D eigenvalue weighted by Gasteiger charge is 2.13. The van der Waals surface area contributed by atoms with Crippen LogP contribution in [-0.2, 0) is 14.2 Å². The van der Waals surface area contributed by atoms with E-state index < -0.39 is 12.4 Å². The molecule has 0 N–H and O–H groups in total. The van der Waals surface area contributed by atoms with Gasteiger partial charge in [-0.25, -0.2) is 4.79 Å². The zero-order chi connectivity index (χ0) is 14.5. The summed E-state index contributed by atoms with van der Waals surface area (Å²) in [6.45, 7) is 6.47. The molecule has 0 aromatic carbocycles. The standard InChI is InChI=1S/C14H25NO4/c1-4-6-8-13(5-2)11-18-14(16)19-12(3)17-10-7-9-15/h12-13H,4-8,10-11H2,1-3H3. The largest absolute Gasteiger partial charge is 0.510 e. The Labute approximate surface area is 115 Å². The Balaban J connectivity index is 3.75. The Kier molecular flexibility index (Phi) is 11.0. The lowest BCUT2D eigenvalue weighted by atomic mass is 10.0. The van der Waals surface area contributed by atoms with Gasteiger partial charge in [-0.1, -0.05) is 33.1 Å². The van der Waals surface area contributed by atoms with Crippen LogP contribution in [0.3, 0.4) is 0 Å². The Hall–Kier alpha value is -1.28. The summed E-state index contributed by atoms with van der Waals surface area (Å²) in [5, 5.41) is 8.34. The van der Waals surface area contributed by atoms with Crippen molar-refractivity contribution in [3.8, 4) is 6.07 Å². The number of carbonyl (C=O) groups is 1. The Morgan fingerprint density at radius 3 is 2.68 bits per heavy atom. The van der Waals surface area contributed by atoms with E-state index in [1.807, 2.05) is 6.07 Å². The lowest BCUT2D eigenvalue weighted by Gasteiger charge is -2.16. The van der Waals surface area contributed by atoms with E-state index in [2.05, 4.69) is 13.8 Å². The van der Waals surface area contributed by atoms with Gasteiger partial charge < -0.3 is 14.2 Å². The number of nitriles is 1. The second-order valence-electron chi connectivity index (χ2n) is 4.44. The smallest absolute Gasteiger partial charge is 0.434 e. The molecule has 0 spiro atoms. The van der Waals surface area contributed by atoms with Crippen molar-refractivity contribution in [2.45, 2.75) is 59.2 Å². The molecule has 0 aliphatic carbocycles. The highest BCUT2D eigenvalue weighted by atomic mass is 16.8. The molecule has 0 rings (SSSR count). The molecule has 110 valence electrons. The number of carbonyl (C=O) groups excluding carboxylic acids is 1. The van der Waals surface area contributed by atoms with E-state index in [1.54, 1.807) is 6.92 Å². The van der Waals surface area contributed by atoms with Gasteiger partial charge in [0.15, 0.2) is 0 Å². The topological polar surface area (TPSA) is 68.6 Å². The van der Waals surface area contributed by atoms with Crippen LogP contribution in [0, 0.1) is 17.2 Å². The number of rotatable bonds is 10. The molecule has 0 aliphatic heterocycles. The van der Waals surface area contributed by atoms with Gasteiger partial charge in [0.1, 0.15) is 0 Å². The van der Waals surface area contributed by atoms with E-state index in [9.17, 15) is 4.79 Å². The highest BCUT2D eigenvalue weighted by molar-refractivity contribution is 5.59. The Morgan fingerprint density at radius 2 is 2.11 bits per heavy atom. The zero-order valence-electron chi connectivity index (χ0n) is 12.2. The first-order valence-corrected chi connectivity index (χ1v) is 6.95. The van der Waals surface area contributed by atoms with Crippen molar-refractivity contribution in [3.63, 3.8) is 0 Å². The molecule has 19 heavy (non-hydrogen) atoms. The number of hydrogen-bond acceptors (Lipinski definition) is 5. The van der Waals surface area contributed by atoms with Crippen molar-refractivity contribution in [3.05, 3.63) is 0 Å². The van der Waals surface area contributed by atoms with Crippen LogP contribution < -0.4 is 0 Å². The number of unbranched alkanes of at least 4 members (excludes halogenated alkanes) is 1. The van der Waals surface area contributed by atoms with Crippen LogP contribution in [0.5, 0.6) is 0 Å². The van der Waals surface area contributed by atoms with E-state index >= 15 is 0 Å². The summed E-state index contributed by atoms with van der Waals surface area (Å²) in [5.74, 6) is 0.391. The summed E-state index contributed by atoms with van der Waals surface area (Å²) in [5.41, 5.74) is 0. The molecule has 0 saturated carbocycles. The first kappa shape index (κ1) is 17.7. The third-order valence-electron chi connectivity index (χ3n) is 2.81. The van der Waals surface area contributed by atoms with E-state index in [-0.39, 0.29) is 13.0 Å². The Bertz CT molecular complexity index is 275. The first-order chi connectivity index (χ1) is 9.13. The molecule has 5 nitrogen and oxygen atoms in total. The summed E-state index contributed by atoms with van der Waals surface area (Å²) < 4.78 is 15.1. The predicted octanol–water partition coefficient (Wildman–Crippen LogP) is 3.63. The van der Waals surface area contributed by atoms with Gasteiger partial charge in [0.2, 0.25) is 6.29 Å². The van der Waals surface area contributed by atoms with Gasteiger partial charge in [-0.3, -0.25) is 0 Å². The number of nitrogens with zero attached hydrogens (tertiary/aromatic N) is 1. The van der Waals surface area contributed by atoms with Gasteiger partial charge in [-0.05, 0) is 19.3 Å². The quantitative estimate of drug-likeness (QED) is 0.345. The molecule has 0 heterocycles. The SMILES string of the molecule is CCCCC(CC)COC(=O)OC(C)OCCC#N. The monoisotopic (exact) mass is 271 g/mol. The fraction of sp³-hybridized carbons (Fsp3) is 0.857. The average Bonchev–Trinajstić information content (AvgIpc) is 2.39. The summed E-state index contributed by atoms with van der Waals surface area (Å²) in [6, 6.07) is 1.95. The van der Waals surface area contributed by atoms with Gasteiger partial charge in [0.05, 0.1) is 25.7 Å². The van der Waals surface area contributed by atoms with Crippen LogP contribution >= 0.6 is 0 Å². The molecule has 0 radical (unpaired) electrons. The lowest BCUT2D eigenvalue weighted by molar-refractivity contribution is -0.111. The van der Waals surface area contributed by atoms with E-state index in [0.29, 0.717) is 12.5 Å². The second-order valence-corrected chi connectivity index (χ2v) is 4.44. The summed E-state index contributed by atoms with van der Waals surface area (Å²) in [4.78, 5) is 11.4. The normalized spacial score (nSPS) is 13.4. The highest BCUT2D eigenvalue weighted by Crippen LogP contribution is 2.13. The molecule has 0 bridgehead atoms. The molecule has 5 heteroatoms. The third kappa shape index (κ3) is 10.3. The van der Waals surface area contributed by atoms with Crippen LogP contribution in [-0.4, -0.2) is 25.7 Å². The van der Waals surface area contributed by atoms with Crippen molar-refractivity contribution in [2.24, 2.45) is 5.92 Å². The van der Waals surface area contributed by atoms with Crippen LogP contribution in [0.4, 0.5) is 4.79 Å². The maximum atomic E-state index is 11.4. The van der Waals surface area contributed by atoms with E-state index in [1.165, 1.54) is 0 Å². The van der Waals surface area contributed by atoms with Crippen molar-refractivity contribution in [2.75, 3.05) is 13.2 Å². The lowest BCUT2D eigenvalue weighted by Crippen LogP contribution is -2.21. The minimum Gasteiger partial charge on any atom is -0.434 e. The molecule has 2 unspecified atom stereocenters. The molecular formula is C14H25NO4. The van der Waals surface area contributed by atoms with Gasteiger partial charge in [-0.15, -0.1) is 0 Å². The fourth-order valence-corrected chi connectivity index (χ4v) is 1.56. The molecule has 0 amide bonds. The van der Waals surface area contributed by atoms with Gasteiger partial charge in [0.25, 0.3) is 0 Å². The van der Waals surface area contributed by atoms with Crippen LogP contribution in [0.15, 0.2) is 0 Å². The van der Waals surface area contributed by atoms with Crippen molar-refractivity contribution in [1.82, 2.24) is 0 Å². The average molecular weight is 271 g/mol. The first-order valence-electron chi connectivity index (χ1n) is 6.95. The van der Waals surface area contributed by atoms with Gasteiger partial charge in [0, 0.05) is 0 Å². The van der Waals surface area contributed by atoms with Crippen LogP contribution in [0.1, 0.15) is 52.9 Å². The van der Waals surface area contributed by atoms with Crippen molar-refractivity contribution < 1.29 is 19.0 Å². The molecule has 0 aromatic rings. The second kappa shape index (κ2) is 11.8. The van der Waals surface area contributed by atoms with Crippen LogP contribution in [0.2, 0.25) is 0 Å². The third-order valence-corrected chi connectivity index (χ3v) is 2.81. The van der Waals surface area contributed by atoms with Crippen molar-refractivity contribution >= 4 is 6.16 Å². The summed E-state index contributed by atoms with van der Waals surface area (Å²) >= 11 is 0. The van der Waals surface area contributed by atoms with Crippen molar-refractivity contribution in [1.29, 1.82) is 5.26 Å². The van der Waals surface area contributed by atoms with E-state index in [4.69, 9.17) is 19.5 Å². The fourth-order valence-electron chi connectivity index (χ4n) is 1.56. The molecule has 0 aliphatic rings. The maximum Gasteiger partial charge on any atom is 0.510 e. The maximum absolute atomic E-state index is 11.4.